The topological polar surface area (TPSA) is 84.5 Å². The van der Waals surface area contributed by atoms with Crippen molar-refractivity contribution in [1.29, 1.82) is 0 Å². The number of ether oxygens (including phenoxy) is 1. The number of carbonyl (C=O) groups is 3. The molecule has 28 heavy (non-hydrogen) atoms. The van der Waals surface area contributed by atoms with Gasteiger partial charge in [-0.15, -0.1) is 0 Å². The normalized spacial score (nSPS) is 30.0. The molecule has 0 unspecified atom stereocenters. The molecule has 4 bridgehead atoms. The van der Waals surface area contributed by atoms with Crippen LogP contribution in [-0.2, 0) is 14.3 Å². The summed E-state index contributed by atoms with van der Waals surface area (Å²) < 4.78 is 4.65. The molecular formula is C22H28N2O4. The molecule has 5 rings (SSSR count). The Kier molecular flexibility index (Phi) is 5.13. The maximum atomic E-state index is 12.5. The van der Waals surface area contributed by atoms with Gasteiger partial charge in [0, 0.05) is 12.1 Å². The van der Waals surface area contributed by atoms with Crippen LogP contribution in [0, 0.1) is 23.2 Å². The first kappa shape index (κ1) is 19.0. The highest BCUT2D eigenvalue weighted by molar-refractivity contribution is 5.95. The Morgan fingerprint density at radius 1 is 0.964 bits per heavy atom. The molecule has 4 aliphatic carbocycles. The van der Waals surface area contributed by atoms with Gasteiger partial charge in [0.1, 0.15) is 0 Å². The SMILES string of the molecule is COC(=O)c1ccc(NC(=O)CNC(=O)CC23CC4CC(CC(C4)C2)C3)cc1. The number of methoxy groups -OCH3 is 1. The molecule has 1 aromatic rings. The highest BCUT2D eigenvalue weighted by Crippen LogP contribution is 2.61. The number of benzene rings is 1. The van der Waals surface area contributed by atoms with Crippen LogP contribution < -0.4 is 10.6 Å². The highest BCUT2D eigenvalue weighted by atomic mass is 16.5. The quantitative estimate of drug-likeness (QED) is 0.738. The standard InChI is InChI=1S/C22H28N2O4/c1-28-21(27)17-2-4-18(5-3-17)24-20(26)13-23-19(25)12-22-9-14-6-15(10-22)8-16(7-14)11-22/h2-5,14-16H,6-13H2,1H3,(H,23,25)(H,24,26). The van der Waals surface area contributed by atoms with Crippen molar-refractivity contribution in [3.63, 3.8) is 0 Å². The number of nitrogens with one attached hydrogen (secondary N) is 2. The summed E-state index contributed by atoms with van der Waals surface area (Å²) in [4.78, 5) is 36.1. The lowest BCUT2D eigenvalue weighted by molar-refractivity contribution is -0.131. The Balaban J connectivity index is 1.25. The molecule has 6 heteroatoms. The van der Waals surface area contributed by atoms with E-state index in [4.69, 9.17) is 0 Å². The summed E-state index contributed by atoms with van der Waals surface area (Å²) in [7, 11) is 1.32. The van der Waals surface area contributed by atoms with Gasteiger partial charge in [-0.3, -0.25) is 9.59 Å². The summed E-state index contributed by atoms with van der Waals surface area (Å²) in [6.45, 7) is -0.0377. The third-order valence-corrected chi connectivity index (χ3v) is 6.74. The van der Waals surface area contributed by atoms with Gasteiger partial charge in [-0.05, 0) is 86.0 Å². The van der Waals surface area contributed by atoms with Crippen LogP contribution in [0.1, 0.15) is 55.3 Å². The molecule has 0 saturated heterocycles. The van der Waals surface area contributed by atoms with Crippen molar-refractivity contribution >= 4 is 23.5 Å². The Morgan fingerprint density at radius 3 is 2.07 bits per heavy atom. The van der Waals surface area contributed by atoms with Crippen molar-refractivity contribution < 1.29 is 19.1 Å². The molecule has 0 heterocycles. The minimum atomic E-state index is -0.421. The van der Waals surface area contributed by atoms with Crippen LogP contribution in [0.4, 0.5) is 5.69 Å². The molecule has 1 aromatic carbocycles. The van der Waals surface area contributed by atoms with E-state index in [0.717, 1.165) is 17.8 Å². The zero-order valence-corrected chi connectivity index (χ0v) is 16.3. The molecule has 4 aliphatic rings. The molecule has 0 atom stereocenters. The van der Waals surface area contributed by atoms with Crippen LogP contribution in [-0.4, -0.2) is 31.4 Å². The predicted molar refractivity (Wildman–Crippen MR) is 105 cm³/mol. The number of esters is 1. The largest absolute Gasteiger partial charge is 0.465 e. The summed E-state index contributed by atoms with van der Waals surface area (Å²) in [6.07, 6.45) is 8.19. The summed E-state index contributed by atoms with van der Waals surface area (Å²) in [5.74, 6) is 1.73. The van der Waals surface area contributed by atoms with Crippen molar-refractivity contribution in [2.75, 3.05) is 19.0 Å². The summed E-state index contributed by atoms with van der Waals surface area (Å²) in [5.41, 5.74) is 1.18. The van der Waals surface area contributed by atoms with E-state index in [1.807, 2.05) is 0 Å². The van der Waals surface area contributed by atoms with Crippen molar-refractivity contribution in [1.82, 2.24) is 5.32 Å². The number of hydrogen-bond acceptors (Lipinski definition) is 4. The Morgan fingerprint density at radius 2 is 1.54 bits per heavy atom. The fourth-order valence-electron chi connectivity index (χ4n) is 6.10. The number of amides is 2. The van der Waals surface area contributed by atoms with E-state index < -0.39 is 5.97 Å². The molecule has 2 amide bonds. The molecule has 4 saturated carbocycles. The number of hydrogen-bond donors (Lipinski definition) is 2. The first-order valence-corrected chi connectivity index (χ1v) is 10.2. The fraction of sp³-hybridized carbons (Fsp3) is 0.591. The van der Waals surface area contributed by atoms with Crippen LogP contribution in [0.25, 0.3) is 0 Å². The lowest BCUT2D eigenvalue weighted by atomic mass is 9.49. The van der Waals surface area contributed by atoms with Gasteiger partial charge in [0.2, 0.25) is 11.8 Å². The van der Waals surface area contributed by atoms with Gasteiger partial charge in [0.05, 0.1) is 19.2 Å². The highest BCUT2D eigenvalue weighted by Gasteiger charge is 2.51. The van der Waals surface area contributed by atoms with Crippen molar-refractivity contribution in [2.24, 2.45) is 23.2 Å². The monoisotopic (exact) mass is 384 g/mol. The van der Waals surface area contributed by atoms with E-state index in [1.165, 1.54) is 45.6 Å². The maximum absolute atomic E-state index is 12.5. The molecule has 0 radical (unpaired) electrons. The first-order chi connectivity index (χ1) is 13.4. The van der Waals surface area contributed by atoms with Crippen LogP contribution in [0.15, 0.2) is 24.3 Å². The molecule has 6 nitrogen and oxygen atoms in total. The van der Waals surface area contributed by atoms with Crippen molar-refractivity contribution in [2.45, 2.75) is 44.9 Å². The molecule has 0 spiro atoms. The van der Waals surface area contributed by atoms with Crippen molar-refractivity contribution in [3.8, 4) is 0 Å². The second kappa shape index (κ2) is 7.57. The van der Waals surface area contributed by atoms with Gasteiger partial charge in [-0.1, -0.05) is 0 Å². The van der Waals surface area contributed by atoms with Crippen molar-refractivity contribution in [3.05, 3.63) is 29.8 Å². The summed E-state index contributed by atoms with van der Waals surface area (Å²) in [6, 6.07) is 6.46. The first-order valence-electron chi connectivity index (χ1n) is 10.2. The van der Waals surface area contributed by atoms with E-state index in [1.54, 1.807) is 24.3 Å². The minimum Gasteiger partial charge on any atom is -0.465 e. The van der Waals surface area contributed by atoms with Crippen LogP contribution in [0.3, 0.4) is 0 Å². The number of carbonyl (C=O) groups excluding carboxylic acids is 3. The zero-order chi connectivity index (χ0) is 19.7. The van der Waals surface area contributed by atoms with Crippen LogP contribution in [0.5, 0.6) is 0 Å². The third-order valence-electron chi connectivity index (χ3n) is 6.74. The van der Waals surface area contributed by atoms with Gasteiger partial charge < -0.3 is 15.4 Å². The maximum Gasteiger partial charge on any atom is 0.337 e. The Bertz CT molecular complexity index is 736. The molecular weight excluding hydrogens is 356 g/mol. The summed E-state index contributed by atoms with van der Waals surface area (Å²) in [5, 5.41) is 5.53. The lowest BCUT2D eigenvalue weighted by Gasteiger charge is -2.56. The second-order valence-corrected chi connectivity index (χ2v) is 8.99. The minimum absolute atomic E-state index is 0.0156. The van der Waals surface area contributed by atoms with E-state index in [9.17, 15) is 14.4 Å². The molecule has 4 fully saturated rings. The van der Waals surface area contributed by atoms with Gasteiger partial charge >= 0.3 is 5.97 Å². The van der Waals surface area contributed by atoms with Gasteiger partial charge in [0.15, 0.2) is 0 Å². The predicted octanol–water partition coefficient (Wildman–Crippen LogP) is 3.13. The van der Waals surface area contributed by atoms with E-state index in [-0.39, 0.29) is 23.8 Å². The second-order valence-electron chi connectivity index (χ2n) is 8.99. The average Bonchev–Trinajstić information content (AvgIpc) is 2.65. The molecule has 0 aliphatic heterocycles. The fourth-order valence-corrected chi connectivity index (χ4v) is 6.10. The van der Waals surface area contributed by atoms with Crippen LogP contribution in [0.2, 0.25) is 0 Å². The Labute approximate surface area is 165 Å². The van der Waals surface area contributed by atoms with Crippen LogP contribution >= 0.6 is 0 Å². The third kappa shape index (κ3) is 4.05. The van der Waals surface area contributed by atoms with Gasteiger partial charge in [0.25, 0.3) is 0 Å². The molecule has 150 valence electrons. The lowest BCUT2D eigenvalue weighted by Crippen LogP contribution is -2.48. The Hall–Kier alpha value is -2.37. The molecule has 0 aromatic heterocycles. The zero-order valence-electron chi connectivity index (χ0n) is 16.3. The van der Waals surface area contributed by atoms with E-state index in [0.29, 0.717) is 17.7 Å². The average molecular weight is 384 g/mol. The van der Waals surface area contributed by atoms with Gasteiger partial charge in [-0.2, -0.15) is 0 Å². The van der Waals surface area contributed by atoms with E-state index >= 15 is 0 Å². The number of rotatable bonds is 6. The van der Waals surface area contributed by atoms with E-state index in [2.05, 4.69) is 15.4 Å². The smallest absolute Gasteiger partial charge is 0.337 e. The molecule has 2 N–H and O–H groups in total. The van der Waals surface area contributed by atoms with Gasteiger partial charge in [-0.25, -0.2) is 4.79 Å². The number of anilines is 1. The summed E-state index contributed by atoms with van der Waals surface area (Å²) >= 11 is 0.